The molecule has 0 saturated carbocycles. The van der Waals surface area contributed by atoms with Crippen LogP contribution in [0, 0.1) is 22.7 Å². The van der Waals surface area contributed by atoms with Gasteiger partial charge in [-0.2, -0.15) is 10.5 Å². The lowest BCUT2D eigenvalue weighted by Gasteiger charge is -2.08. The first kappa shape index (κ1) is 17.5. The van der Waals surface area contributed by atoms with Crippen molar-refractivity contribution in [1.82, 2.24) is 4.98 Å². The quantitative estimate of drug-likeness (QED) is 0.815. The van der Waals surface area contributed by atoms with Crippen LogP contribution in [0.5, 0.6) is 0 Å². The number of anilines is 1. The van der Waals surface area contributed by atoms with E-state index in [0.29, 0.717) is 21.8 Å². The SMILES string of the molecule is CCCc1ccc(C#N)c(SCC(=O)Nc2ccccc2C#N)n1. The minimum absolute atomic E-state index is 0.122. The van der Waals surface area contributed by atoms with E-state index in [9.17, 15) is 4.79 Å². The van der Waals surface area contributed by atoms with Gasteiger partial charge in [-0.25, -0.2) is 4.98 Å². The van der Waals surface area contributed by atoms with E-state index in [0.717, 1.165) is 18.5 Å². The fourth-order valence-electron chi connectivity index (χ4n) is 2.08. The lowest BCUT2D eigenvalue weighted by atomic mass is 10.2. The first-order valence-corrected chi connectivity index (χ1v) is 8.48. The predicted octanol–water partition coefficient (Wildman–Crippen LogP) is 3.51. The van der Waals surface area contributed by atoms with Gasteiger partial charge in [0.05, 0.1) is 22.6 Å². The van der Waals surface area contributed by atoms with Crippen molar-refractivity contribution in [3.8, 4) is 12.1 Å². The summed E-state index contributed by atoms with van der Waals surface area (Å²) in [5.74, 6) is -0.119. The molecule has 0 spiro atoms. The third kappa shape index (κ3) is 4.58. The lowest BCUT2D eigenvalue weighted by Crippen LogP contribution is -2.15. The first-order valence-electron chi connectivity index (χ1n) is 7.49. The highest BCUT2D eigenvalue weighted by molar-refractivity contribution is 8.00. The summed E-state index contributed by atoms with van der Waals surface area (Å²) >= 11 is 1.22. The van der Waals surface area contributed by atoms with Crippen LogP contribution in [0.25, 0.3) is 0 Å². The molecule has 2 aromatic rings. The van der Waals surface area contributed by atoms with Gasteiger partial charge < -0.3 is 5.32 Å². The van der Waals surface area contributed by atoms with Crippen LogP contribution in [-0.2, 0) is 11.2 Å². The zero-order valence-electron chi connectivity index (χ0n) is 13.2. The Hall–Kier alpha value is -2.83. The molecule has 0 aliphatic heterocycles. The summed E-state index contributed by atoms with van der Waals surface area (Å²) in [4.78, 5) is 16.6. The molecule has 0 saturated heterocycles. The molecular formula is C18H16N4OS. The van der Waals surface area contributed by atoms with Gasteiger partial charge in [-0.3, -0.25) is 4.79 Å². The van der Waals surface area contributed by atoms with E-state index in [4.69, 9.17) is 10.5 Å². The fraction of sp³-hybridized carbons (Fsp3) is 0.222. The summed E-state index contributed by atoms with van der Waals surface area (Å²) in [5, 5.41) is 21.5. The number of hydrogen-bond donors (Lipinski definition) is 1. The highest BCUT2D eigenvalue weighted by atomic mass is 32.2. The number of rotatable bonds is 6. The second-order valence-electron chi connectivity index (χ2n) is 5.01. The standard InChI is InChI=1S/C18H16N4OS/c1-2-5-15-9-8-14(11-20)18(21-15)24-12-17(23)22-16-7-4-3-6-13(16)10-19/h3-4,6-9H,2,5,12H2,1H3,(H,22,23). The number of nitrogens with zero attached hydrogens (tertiary/aromatic N) is 3. The Bertz CT molecular complexity index is 820. The average molecular weight is 336 g/mol. The Morgan fingerprint density at radius 1 is 1.17 bits per heavy atom. The number of benzene rings is 1. The molecule has 1 aromatic heterocycles. The number of aryl methyl sites for hydroxylation is 1. The summed E-state index contributed by atoms with van der Waals surface area (Å²) < 4.78 is 0. The number of para-hydroxylation sites is 1. The number of carbonyl (C=O) groups is 1. The van der Waals surface area contributed by atoms with E-state index in [2.05, 4.69) is 23.3 Å². The number of thioether (sulfide) groups is 1. The Morgan fingerprint density at radius 2 is 1.92 bits per heavy atom. The summed E-state index contributed by atoms with van der Waals surface area (Å²) in [6.45, 7) is 2.06. The first-order chi connectivity index (χ1) is 11.7. The number of nitrogens with one attached hydrogen (secondary N) is 1. The molecule has 2 rings (SSSR count). The zero-order valence-corrected chi connectivity index (χ0v) is 14.1. The van der Waals surface area contributed by atoms with Gasteiger partial charge in [0.25, 0.3) is 0 Å². The summed E-state index contributed by atoms with van der Waals surface area (Å²) in [7, 11) is 0. The van der Waals surface area contributed by atoms with Gasteiger partial charge in [0.15, 0.2) is 0 Å². The number of carbonyl (C=O) groups excluding carboxylic acids is 1. The summed E-state index contributed by atoms with van der Waals surface area (Å²) in [5.41, 5.74) is 2.27. The van der Waals surface area contributed by atoms with Gasteiger partial charge in [0, 0.05) is 5.69 Å². The molecular weight excluding hydrogens is 320 g/mol. The maximum atomic E-state index is 12.1. The minimum Gasteiger partial charge on any atom is -0.324 e. The topological polar surface area (TPSA) is 89.6 Å². The Labute approximate surface area is 145 Å². The fourth-order valence-corrected chi connectivity index (χ4v) is 2.87. The highest BCUT2D eigenvalue weighted by Gasteiger charge is 2.11. The van der Waals surface area contributed by atoms with Crippen LogP contribution in [0.2, 0.25) is 0 Å². The molecule has 24 heavy (non-hydrogen) atoms. The van der Waals surface area contributed by atoms with E-state index < -0.39 is 0 Å². The molecule has 5 nitrogen and oxygen atoms in total. The van der Waals surface area contributed by atoms with E-state index >= 15 is 0 Å². The third-order valence-electron chi connectivity index (χ3n) is 3.21. The lowest BCUT2D eigenvalue weighted by molar-refractivity contribution is -0.113. The normalized spacial score (nSPS) is 9.79. The predicted molar refractivity (Wildman–Crippen MR) is 93.5 cm³/mol. The second kappa shape index (κ2) is 8.71. The molecule has 1 amide bonds. The molecule has 0 bridgehead atoms. The van der Waals surface area contributed by atoms with Crippen molar-refractivity contribution in [3.05, 3.63) is 53.2 Å². The van der Waals surface area contributed by atoms with Crippen molar-refractivity contribution >= 4 is 23.4 Å². The molecule has 0 atom stereocenters. The number of pyridine rings is 1. The van der Waals surface area contributed by atoms with Gasteiger partial charge in [-0.1, -0.05) is 37.2 Å². The van der Waals surface area contributed by atoms with E-state index in [1.165, 1.54) is 11.8 Å². The van der Waals surface area contributed by atoms with Crippen LogP contribution >= 0.6 is 11.8 Å². The average Bonchev–Trinajstić information content (AvgIpc) is 2.61. The van der Waals surface area contributed by atoms with Gasteiger partial charge in [0.2, 0.25) is 5.91 Å². The maximum Gasteiger partial charge on any atom is 0.234 e. The molecule has 6 heteroatoms. The van der Waals surface area contributed by atoms with E-state index in [-0.39, 0.29) is 11.7 Å². The summed E-state index contributed by atoms with van der Waals surface area (Å²) in [6, 6.07) is 14.5. The van der Waals surface area contributed by atoms with Gasteiger partial charge in [-0.05, 0) is 30.7 Å². The van der Waals surface area contributed by atoms with Crippen LogP contribution in [0.4, 0.5) is 5.69 Å². The molecule has 0 aliphatic rings. The monoisotopic (exact) mass is 336 g/mol. The molecule has 0 unspecified atom stereocenters. The van der Waals surface area contributed by atoms with Crippen molar-refractivity contribution in [1.29, 1.82) is 10.5 Å². The molecule has 120 valence electrons. The van der Waals surface area contributed by atoms with Crippen molar-refractivity contribution < 1.29 is 4.79 Å². The molecule has 0 radical (unpaired) electrons. The maximum absolute atomic E-state index is 12.1. The van der Waals surface area contributed by atoms with Crippen molar-refractivity contribution in [2.75, 3.05) is 11.1 Å². The van der Waals surface area contributed by atoms with Crippen LogP contribution in [0.15, 0.2) is 41.4 Å². The number of nitriles is 2. The Kier molecular flexibility index (Phi) is 6.36. The number of amides is 1. The second-order valence-corrected chi connectivity index (χ2v) is 5.98. The zero-order chi connectivity index (χ0) is 17.4. The smallest absolute Gasteiger partial charge is 0.234 e. The number of hydrogen-bond acceptors (Lipinski definition) is 5. The van der Waals surface area contributed by atoms with Crippen LogP contribution in [0.1, 0.15) is 30.2 Å². The Morgan fingerprint density at radius 3 is 2.62 bits per heavy atom. The molecule has 0 fully saturated rings. The van der Waals surface area contributed by atoms with Gasteiger partial charge >= 0.3 is 0 Å². The van der Waals surface area contributed by atoms with Crippen LogP contribution < -0.4 is 5.32 Å². The summed E-state index contributed by atoms with van der Waals surface area (Å²) in [6.07, 6.45) is 1.80. The van der Waals surface area contributed by atoms with E-state index in [1.807, 2.05) is 12.1 Å². The van der Waals surface area contributed by atoms with Gasteiger partial charge in [-0.15, -0.1) is 0 Å². The van der Waals surface area contributed by atoms with Crippen LogP contribution in [0.3, 0.4) is 0 Å². The minimum atomic E-state index is -0.241. The largest absolute Gasteiger partial charge is 0.324 e. The highest BCUT2D eigenvalue weighted by Crippen LogP contribution is 2.22. The number of aromatic nitrogens is 1. The van der Waals surface area contributed by atoms with Crippen molar-refractivity contribution in [2.24, 2.45) is 0 Å². The van der Waals surface area contributed by atoms with Gasteiger partial charge in [0.1, 0.15) is 17.2 Å². The van der Waals surface area contributed by atoms with Crippen LogP contribution in [-0.4, -0.2) is 16.6 Å². The van der Waals surface area contributed by atoms with E-state index in [1.54, 1.807) is 30.3 Å². The molecule has 1 heterocycles. The Balaban J connectivity index is 2.05. The molecule has 0 aliphatic carbocycles. The van der Waals surface area contributed by atoms with Crippen molar-refractivity contribution in [2.45, 2.75) is 24.8 Å². The molecule has 1 aromatic carbocycles. The molecule has 1 N–H and O–H groups in total. The third-order valence-corrected chi connectivity index (χ3v) is 4.20. The van der Waals surface area contributed by atoms with Crippen molar-refractivity contribution in [3.63, 3.8) is 0 Å².